The minimum atomic E-state index is -4.43. The van der Waals surface area contributed by atoms with Crippen molar-refractivity contribution in [3.8, 4) is 11.5 Å². The minimum Gasteiger partial charge on any atom is -0.493 e. The second-order valence-electron chi connectivity index (χ2n) is 3.13. The summed E-state index contributed by atoms with van der Waals surface area (Å²) in [5.74, 6) is 0.476. The molecule has 0 fully saturated rings. The summed E-state index contributed by atoms with van der Waals surface area (Å²) in [5.41, 5.74) is -0.114. The molecule has 0 bridgehead atoms. The highest BCUT2D eigenvalue weighted by atomic mass is 79.9. The van der Waals surface area contributed by atoms with Crippen molar-refractivity contribution in [1.29, 1.82) is 0 Å². The number of alkyl halides is 4. The van der Waals surface area contributed by atoms with Crippen LogP contribution in [0.3, 0.4) is 0 Å². The Morgan fingerprint density at radius 2 is 1.65 bits per heavy atom. The zero-order valence-corrected chi connectivity index (χ0v) is 11.3. The van der Waals surface area contributed by atoms with E-state index in [0.29, 0.717) is 0 Å². The Kier molecular flexibility index (Phi) is 4.55. The number of rotatable bonds is 3. The van der Waals surface area contributed by atoms with Gasteiger partial charge in [0, 0.05) is 11.1 Å². The first kappa shape index (κ1) is 14.4. The van der Waals surface area contributed by atoms with E-state index in [9.17, 15) is 13.2 Å². The smallest absolute Gasteiger partial charge is 0.405 e. The van der Waals surface area contributed by atoms with Crippen LogP contribution in [0.4, 0.5) is 13.2 Å². The van der Waals surface area contributed by atoms with Crippen LogP contribution in [0.2, 0.25) is 5.02 Å². The largest absolute Gasteiger partial charge is 0.493 e. The van der Waals surface area contributed by atoms with Crippen LogP contribution >= 0.6 is 27.5 Å². The van der Waals surface area contributed by atoms with E-state index in [1.807, 2.05) is 0 Å². The van der Waals surface area contributed by atoms with E-state index in [2.05, 4.69) is 15.9 Å². The highest BCUT2D eigenvalue weighted by molar-refractivity contribution is 9.09. The molecule has 17 heavy (non-hydrogen) atoms. The molecule has 0 spiro atoms. The van der Waals surface area contributed by atoms with Gasteiger partial charge in [0.25, 0.3) is 0 Å². The van der Waals surface area contributed by atoms with Gasteiger partial charge in [0.1, 0.15) is 4.83 Å². The SMILES string of the molecule is COc1cc(Cl)c(C(Br)C(F)(F)F)cc1OC. The van der Waals surface area contributed by atoms with E-state index >= 15 is 0 Å². The fourth-order valence-corrected chi connectivity index (χ4v) is 2.01. The number of halogens is 5. The summed E-state index contributed by atoms with van der Waals surface area (Å²) in [6, 6.07) is 2.49. The zero-order chi connectivity index (χ0) is 13.2. The summed E-state index contributed by atoms with van der Waals surface area (Å²) in [7, 11) is 2.72. The fourth-order valence-electron chi connectivity index (χ4n) is 1.24. The second-order valence-corrected chi connectivity index (χ2v) is 4.46. The van der Waals surface area contributed by atoms with Crippen LogP contribution in [0.5, 0.6) is 11.5 Å². The van der Waals surface area contributed by atoms with Crippen LogP contribution in [0.15, 0.2) is 12.1 Å². The molecule has 96 valence electrons. The van der Waals surface area contributed by atoms with Crippen molar-refractivity contribution in [3.63, 3.8) is 0 Å². The molecular formula is C10H9BrClF3O2. The lowest BCUT2D eigenvalue weighted by Gasteiger charge is -2.17. The molecule has 0 saturated heterocycles. The van der Waals surface area contributed by atoms with E-state index < -0.39 is 11.0 Å². The van der Waals surface area contributed by atoms with Crippen molar-refractivity contribution >= 4 is 27.5 Å². The Balaban J connectivity index is 3.26. The molecule has 0 aliphatic rings. The van der Waals surface area contributed by atoms with Crippen LogP contribution < -0.4 is 9.47 Å². The van der Waals surface area contributed by atoms with Gasteiger partial charge in [-0.05, 0) is 11.6 Å². The second kappa shape index (κ2) is 5.35. The van der Waals surface area contributed by atoms with Gasteiger partial charge in [-0.15, -0.1) is 0 Å². The molecule has 1 aromatic carbocycles. The molecule has 0 radical (unpaired) electrons. The van der Waals surface area contributed by atoms with Gasteiger partial charge in [0.15, 0.2) is 11.5 Å². The maximum Gasteiger partial charge on any atom is 0.405 e. The number of ether oxygens (including phenoxy) is 2. The molecule has 1 aromatic rings. The van der Waals surface area contributed by atoms with E-state index in [0.717, 1.165) is 0 Å². The van der Waals surface area contributed by atoms with E-state index in [4.69, 9.17) is 21.1 Å². The molecule has 0 aliphatic heterocycles. The molecule has 0 N–H and O–H groups in total. The molecule has 7 heteroatoms. The Morgan fingerprint density at radius 3 is 2.06 bits per heavy atom. The first-order valence-corrected chi connectivity index (χ1v) is 5.72. The standard InChI is InChI=1S/C10H9BrClF3O2/c1-16-7-3-5(9(11)10(13,14)15)6(12)4-8(7)17-2/h3-4,9H,1-2H3. The van der Waals surface area contributed by atoms with Gasteiger partial charge >= 0.3 is 6.18 Å². The molecule has 2 nitrogen and oxygen atoms in total. The van der Waals surface area contributed by atoms with Gasteiger partial charge in [0.05, 0.1) is 14.2 Å². The van der Waals surface area contributed by atoms with Gasteiger partial charge in [-0.2, -0.15) is 13.2 Å². The Labute approximate surface area is 110 Å². The summed E-state index contributed by atoms with van der Waals surface area (Å²) < 4.78 is 47.5. The third-order valence-electron chi connectivity index (χ3n) is 2.06. The van der Waals surface area contributed by atoms with Crippen molar-refractivity contribution in [2.24, 2.45) is 0 Å². The quantitative estimate of drug-likeness (QED) is 0.765. The van der Waals surface area contributed by atoms with Gasteiger partial charge in [-0.3, -0.25) is 0 Å². The first-order valence-electron chi connectivity index (χ1n) is 4.43. The molecule has 0 amide bonds. The molecule has 0 aromatic heterocycles. The average molecular weight is 334 g/mol. The summed E-state index contributed by atoms with van der Waals surface area (Å²) in [4.78, 5) is -1.85. The minimum absolute atomic E-state index is 0.0400. The van der Waals surface area contributed by atoms with Crippen LogP contribution in [0.1, 0.15) is 10.4 Å². The average Bonchev–Trinajstić information content (AvgIpc) is 2.26. The summed E-state index contributed by atoms with van der Waals surface area (Å²) >= 11 is 8.33. The Morgan fingerprint density at radius 1 is 1.18 bits per heavy atom. The number of hydrogen-bond acceptors (Lipinski definition) is 2. The topological polar surface area (TPSA) is 18.5 Å². The predicted molar refractivity (Wildman–Crippen MR) is 62.3 cm³/mol. The number of benzene rings is 1. The summed E-state index contributed by atoms with van der Waals surface area (Å²) in [6.45, 7) is 0. The number of methoxy groups -OCH3 is 2. The Hall–Kier alpha value is -0.620. The van der Waals surface area contributed by atoms with E-state index in [1.165, 1.54) is 26.4 Å². The molecule has 0 heterocycles. The third kappa shape index (κ3) is 3.19. The van der Waals surface area contributed by atoms with Crippen molar-refractivity contribution in [2.45, 2.75) is 11.0 Å². The fraction of sp³-hybridized carbons (Fsp3) is 0.400. The number of hydrogen-bond donors (Lipinski definition) is 0. The lowest BCUT2D eigenvalue weighted by atomic mass is 10.1. The van der Waals surface area contributed by atoms with E-state index in [1.54, 1.807) is 0 Å². The van der Waals surface area contributed by atoms with Crippen molar-refractivity contribution in [3.05, 3.63) is 22.7 Å². The lowest BCUT2D eigenvalue weighted by Crippen LogP contribution is -2.15. The highest BCUT2D eigenvalue weighted by Gasteiger charge is 2.40. The van der Waals surface area contributed by atoms with Gasteiger partial charge in [-0.25, -0.2) is 0 Å². The van der Waals surface area contributed by atoms with Crippen LogP contribution in [0.25, 0.3) is 0 Å². The highest BCUT2D eigenvalue weighted by Crippen LogP contribution is 2.45. The van der Waals surface area contributed by atoms with Gasteiger partial charge in [0.2, 0.25) is 0 Å². The lowest BCUT2D eigenvalue weighted by molar-refractivity contribution is -0.128. The summed E-state index contributed by atoms with van der Waals surface area (Å²) in [6.07, 6.45) is -4.43. The van der Waals surface area contributed by atoms with Gasteiger partial charge in [-0.1, -0.05) is 27.5 Å². The maximum absolute atomic E-state index is 12.6. The Bertz CT molecular complexity index is 409. The third-order valence-corrected chi connectivity index (χ3v) is 3.40. The van der Waals surface area contributed by atoms with Crippen molar-refractivity contribution in [1.82, 2.24) is 0 Å². The molecule has 0 saturated carbocycles. The maximum atomic E-state index is 12.6. The van der Waals surface area contributed by atoms with Gasteiger partial charge < -0.3 is 9.47 Å². The van der Waals surface area contributed by atoms with Crippen LogP contribution in [-0.4, -0.2) is 20.4 Å². The molecule has 0 aliphatic carbocycles. The molecular weight excluding hydrogens is 324 g/mol. The molecule has 1 atom stereocenters. The predicted octanol–water partition coefficient (Wildman–Crippen LogP) is 4.36. The van der Waals surface area contributed by atoms with Crippen LogP contribution in [-0.2, 0) is 0 Å². The van der Waals surface area contributed by atoms with Crippen molar-refractivity contribution in [2.75, 3.05) is 14.2 Å². The molecule has 1 unspecified atom stereocenters. The first-order chi connectivity index (χ1) is 7.81. The molecule has 1 rings (SSSR count). The van der Waals surface area contributed by atoms with E-state index in [-0.39, 0.29) is 22.1 Å². The monoisotopic (exact) mass is 332 g/mol. The summed E-state index contributed by atoms with van der Waals surface area (Å²) in [5, 5.41) is -0.0400. The van der Waals surface area contributed by atoms with Crippen LogP contribution in [0, 0.1) is 0 Å². The normalized spacial score (nSPS) is 13.4. The zero-order valence-electron chi connectivity index (χ0n) is 8.94. The van der Waals surface area contributed by atoms with Crippen molar-refractivity contribution < 1.29 is 22.6 Å².